The van der Waals surface area contributed by atoms with Crippen molar-refractivity contribution < 1.29 is 9.53 Å². The highest BCUT2D eigenvalue weighted by Gasteiger charge is 2.21. The molecule has 104 valence electrons. The molecule has 1 fully saturated rings. The Bertz CT molecular complexity index is 425. The molecule has 1 heterocycles. The number of ketones is 1. The topological polar surface area (TPSA) is 38.3 Å². The quantitative estimate of drug-likeness (QED) is 0.847. The zero-order chi connectivity index (χ0) is 13.8. The summed E-state index contributed by atoms with van der Waals surface area (Å²) in [4.78, 5) is 12.2. The van der Waals surface area contributed by atoms with Crippen LogP contribution in [0.25, 0.3) is 0 Å². The van der Waals surface area contributed by atoms with Gasteiger partial charge in [0.05, 0.1) is 13.2 Å². The SMILES string of the molecule is CC1COCC(CC(=O)c2ccc(C(C)C)cc2)N1. The molecule has 19 heavy (non-hydrogen) atoms. The summed E-state index contributed by atoms with van der Waals surface area (Å²) in [5.74, 6) is 0.684. The van der Waals surface area contributed by atoms with Crippen molar-refractivity contribution in [2.24, 2.45) is 0 Å². The van der Waals surface area contributed by atoms with Crippen LogP contribution >= 0.6 is 0 Å². The predicted molar refractivity (Wildman–Crippen MR) is 76.7 cm³/mol. The molecule has 2 unspecified atom stereocenters. The third kappa shape index (κ3) is 3.88. The number of Topliss-reactive ketones (excluding diaryl/α,β-unsaturated/α-hetero) is 1. The summed E-state index contributed by atoms with van der Waals surface area (Å²) in [6.07, 6.45) is 0.505. The molecule has 0 bridgehead atoms. The van der Waals surface area contributed by atoms with E-state index < -0.39 is 0 Å². The molecule has 2 rings (SSSR count). The molecule has 3 nitrogen and oxygen atoms in total. The number of rotatable bonds is 4. The van der Waals surface area contributed by atoms with Gasteiger partial charge in [0.15, 0.2) is 5.78 Å². The number of carbonyl (C=O) groups excluding carboxylic acids is 1. The summed E-state index contributed by atoms with van der Waals surface area (Å²) in [6, 6.07) is 8.43. The van der Waals surface area contributed by atoms with Crippen LogP contribution in [-0.4, -0.2) is 31.1 Å². The maximum Gasteiger partial charge on any atom is 0.164 e. The Balaban J connectivity index is 1.95. The zero-order valence-electron chi connectivity index (χ0n) is 12.0. The van der Waals surface area contributed by atoms with Gasteiger partial charge >= 0.3 is 0 Å². The van der Waals surface area contributed by atoms with Crippen molar-refractivity contribution in [3.63, 3.8) is 0 Å². The zero-order valence-corrected chi connectivity index (χ0v) is 12.0. The van der Waals surface area contributed by atoms with Gasteiger partial charge in [0, 0.05) is 24.1 Å². The van der Waals surface area contributed by atoms with E-state index in [1.165, 1.54) is 5.56 Å². The van der Waals surface area contributed by atoms with Gasteiger partial charge in [0.2, 0.25) is 0 Å². The third-order valence-corrected chi connectivity index (χ3v) is 3.54. The standard InChI is InChI=1S/C16H23NO2/c1-11(2)13-4-6-14(7-5-13)16(18)8-15-10-19-9-12(3)17-15/h4-7,11-12,15,17H,8-10H2,1-3H3. The van der Waals surface area contributed by atoms with E-state index in [-0.39, 0.29) is 11.8 Å². The Morgan fingerprint density at radius 1 is 1.32 bits per heavy atom. The van der Waals surface area contributed by atoms with Crippen LogP contribution < -0.4 is 5.32 Å². The van der Waals surface area contributed by atoms with E-state index in [2.05, 4.69) is 26.1 Å². The molecule has 3 heteroatoms. The lowest BCUT2D eigenvalue weighted by Gasteiger charge is -2.28. The van der Waals surface area contributed by atoms with Gasteiger partial charge in [-0.2, -0.15) is 0 Å². The monoisotopic (exact) mass is 261 g/mol. The highest BCUT2D eigenvalue weighted by molar-refractivity contribution is 5.96. The summed E-state index contributed by atoms with van der Waals surface area (Å²) >= 11 is 0. The van der Waals surface area contributed by atoms with E-state index in [9.17, 15) is 4.79 Å². The third-order valence-electron chi connectivity index (χ3n) is 3.54. The van der Waals surface area contributed by atoms with Crippen LogP contribution in [0.5, 0.6) is 0 Å². The average Bonchev–Trinajstić information content (AvgIpc) is 2.39. The Hall–Kier alpha value is -1.19. The summed E-state index contributed by atoms with van der Waals surface area (Å²) in [7, 11) is 0. The van der Waals surface area contributed by atoms with Gasteiger partial charge in [-0.05, 0) is 18.4 Å². The Morgan fingerprint density at radius 2 is 2.00 bits per heavy atom. The van der Waals surface area contributed by atoms with Crippen molar-refractivity contribution in [3.8, 4) is 0 Å². The second-order valence-electron chi connectivity index (χ2n) is 5.71. The smallest absolute Gasteiger partial charge is 0.164 e. The maximum atomic E-state index is 12.2. The molecule has 2 atom stereocenters. The average molecular weight is 261 g/mol. The van der Waals surface area contributed by atoms with Gasteiger partial charge in [-0.3, -0.25) is 4.79 Å². The van der Waals surface area contributed by atoms with Crippen molar-refractivity contribution in [2.75, 3.05) is 13.2 Å². The number of benzene rings is 1. The van der Waals surface area contributed by atoms with Crippen LogP contribution in [0.2, 0.25) is 0 Å². The minimum Gasteiger partial charge on any atom is -0.378 e. The molecule has 1 aromatic rings. The Labute approximate surface area is 115 Å². The summed E-state index contributed by atoms with van der Waals surface area (Å²) < 4.78 is 5.47. The molecule has 1 saturated heterocycles. The van der Waals surface area contributed by atoms with Gasteiger partial charge in [-0.1, -0.05) is 38.1 Å². The Kier molecular flexibility index (Phi) is 4.72. The van der Waals surface area contributed by atoms with Crippen molar-refractivity contribution in [2.45, 2.75) is 45.2 Å². The van der Waals surface area contributed by atoms with Gasteiger partial charge in [0.25, 0.3) is 0 Å². The van der Waals surface area contributed by atoms with Crippen LogP contribution in [0.3, 0.4) is 0 Å². The van der Waals surface area contributed by atoms with E-state index in [1.54, 1.807) is 0 Å². The number of ether oxygens (including phenoxy) is 1. The van der Waals surface area contributed by atoms with E-state index in [1.807, 2.05) is 24.3 Å². The second kappa shape index (κ2) is 6.31. The molecule has 0 spiro atoms. The molecule has 0 saturated carbocycles. The highest BCUT2D eigenvalue weighted by atomic mass is 16.5. The molecule has 1 aromatic carbocycles. The first kappa shape index (κ1) is 14.2. The van der Waals surface area contributed by atoms with E-state index in [0.29, 0.717) is 25.0 Å². The molecule has 1 aliphatic rings. The minimum absolute atomic E-state index is 0.140. The number of morpholine rings is 1. The molecular weight excluding hydrogens is 238 g/mol. The van der Waals surface area contributed by atoms with Crippen LogP contribution in [0.4, 0.5) is 0 Å². The van der Waals surface area contributed by atoms with Crippen LogP contribution in [0.1, 0.15) is 49.0 Å². The van der Waals surface area contributed by atoms with E-state index in [4.69, 9.17) is 4.74 Å². The lowest BCUT2D eigenvalue weighted by molar-refractivity contribution is 0.0463. The molecule has 0 radical (unpaired) electrons. The molecule has 0 aromatic heterocycles. The minimum atomic E-state index is 0.140. The van der Waals surface area contributed by atoms with Gasteiger partial charge in [-0.15, -0.1) is 0 Å². The first-order chi connectivity index (χ1) is 9.06. The summed E-state index contributed by atoms with van der Waals surface area (Å²) in [5.41, 5.74) is 2.06. The van der Waals surface area contributed by atoms with Crippen molar-refractivity contribution in [1.29, 1.82) is 0 Å². The highest BCUT2D eigenvalue weighted by Crippen LogP contribution is 2.16. The fourth-order valence-corrected chi connectivity index (χ4v) is 2.40. The molecule has 0 aliphatic carbocycles. The molecular formula is C16H23NO2. The fourth-order valence-electron chi connectivity index (χ4n) is 2.40. The van der Waals surface area contributed by atoms with Crippen molar-refractivity contribution in [3.05, 3.63) is 35.4 Å². The van der Waals surface area contributed by atoms with Crippen molar-refractivity contribution >= 4 is 5.78 Å². The fraction of sp³-hybridized carbons (Fsp3) is 0.562. The largest absolute Gasteiger partial charge is 0.378 e. The van der Waals surface area contributed by atoms with Crippen LogP contribution in [-0.2, 0) is 4.74 Å². The molecule has 0 amide bonds. The van der Waals surface area contributed by atoms with Crippen LogP contribution in [0, 0.1) is 0 Å². The predicted octanol–water partition coefficient (Wildman–Crippen LogP) is 2.76. The van der Waals surface area contributed by atoms with E-state index in [0.717, 1.165) is 12.2 Å². The summed E-state index contributed by atoms with van der Waals surface area (Å²) in [5, 5.41) is 3.40. The number of carbonyl (C=O) groups is 1. The van der Waals surface area contributed by atoms with Crippen molar-refractivity contribution in [1.82, 2.24) is 5.32 Å². The molecule has 1 aliphatic heterocycles. The van der Waals surface area contributed by atoms with Gasteiger partial charge in [0.1, 0.15) is 0 Å². The van der Waals surface area contributed by atoms with Gasteiger partial charge < -0.3 is 10.1 Å². The summed E-state index contributed by atoms with van der Waals surface area (Å²) in [6.45, 7) is 7.74. The number of hydrogen-bond acceptors (Lipinski definition) is 3. The lowest BCUT2D eigenvalue weighted by atomic mass is 9.98. The molecule has 1 N–H and O–H groups in total. The first-order valence-electron chi connectivity index (χ1n) is 7.03. The lowest BCUT2D eigenvalue weighted by Crippen LogP contribution is -2.48. The normalized spacial score (nSPS) is 23.6. The number of hydrogen-bond donors (Lipinski definition) is 1. The van der Waals surface area contributed by atoms with Crippen LogP contribution in [0.15, 0.2) is 24.3 Å². The van der Waals surface area contributed by atoms with E-state index >= 15 is 0 Å². The number of nitrogens with one attached hydrogen (secondary N) is 1. The maximum absolute atomic E-state index is 12.2. The second-order valence-corrected chi connectivity index (χ2v) is 5.71. The van der Waals surface area contributed by atoms with Gasteiger partial charge in [-0.25, -0.2) is 0 Å². The Morgan fingerprint density at radius 3 is 2.58 bits per heavy atom. The first-order valence-corrected chi connectivity index (χ1v) is 7.03.